The van der Waals surface area contributed by atoms with Crippen LogP contribution in [0.5, 0.6) is 0 Å². The highest BCUT2D eigenvalue weighted by atomic mass is 28.3. The molecule has 29 aromatic rings. The Kier molecular flexibility index (Phi) is 3.14. The van der Waals surface area contributed by atoms with Crippen LogP contribution in [0, 0.1) is 0 Å². The molecule has 0 fully saturated rings. The summed E-state index contributed by atoms with van der Waals surface area (Å²) in [7, 11) is -2.43. The summed E-state index contributed by atoms with van der Waals surface area (Å²) in [5.74, 6) is 0. The van der Waals surface area contributed by atoms with Gasteiger partial charge in [-0.15, -0.1) is 0 Å². The van der Waals surface area contributed by atoms with Crippen molar-refractivity contribution < 1.29 is 13.2 Å². The minimum Gasteiger partial charge on any atom is -0.166 e. The van der Waals surface area contributed by atoms with Crippen molar-refractivity contribution in [2.24, 2.45) is 0 Å². The van der Waals surface area contributed by atoms with Crippen molar-refractivity contribution in [3.63, 3.8) is 0 Å². The van der Waals surface area contributed by atoms with E-state index in [4.69, 9.17) is 0 Å². The van der Waals surface area contributed by atoms with Crippen LogP contribution in [0.15, 0.2) is 54.6 Å². The van der Waals surface area contributed by atoms with Crippen molar-refractivity contribution in [1.82, 2.24) is 0 Å². The van der Waals surface area contributed by atoms with Crippen LogP contribution in [0.3, 0.4) is 0 Å². The molecule has 29 aromatic carbocycles. The summed E-state index contributed by atoms with van der Waals surface area (Å²) >= 11 is 0. The second kappa shape index (κ2) is 7.68. The minimum absolute atomic E-state index is 0.497. The Labute approximate surface area is 439 Å². The van der Waals surface area contributed by atoms with Crippen LogP contribution in [0.2, 0.25) is 19.1 Å². The molecule has 2 atom stereocenters. The first-order chi connectivity index (χ1) is 39.3. The maximum absolute atomic E-state index is 15.3. The van der Waals surface area contributed by atoms with E-state index in [-0.39, 0.29) is 0 Å². The van der Waals surface area contributed by atoms with Gasteiger partial charge in [0.05, 0.1) is 19.1 Å². The molecule has 5 aliphatic carbocycles. The van der Waals surface area contributed by atoms with Gasteiger partial charge in [-0.2, -0.15) is 13.2 Å². The topological polar surface area (TPSA) is 0 Å². The van der Waals surface area contributed by atoms with Crippen LogP contribution in [-0.2, 0) is 17.0 Å². The molecular weight excluding hydrogens is 998 g/mol. The SMILES string of the molecule is C[Si](C)(CC12c3c4c5c6c7c8c9c%10c(c1c1c%11c2c2c%12c3c5c3c5c%12c%12c2c2c%11c%11c%13c1c%10c1c%10c9c9c7c7c6c3c3c5c5c%12c6c2c%11c2c(c%131)c1c%10c9c9c7c3c3c9c1c2c6c53)C48c1ccc(C(F)(F)F)cc1)c1ccccc1. The Morgan fingerprint density at radius 3 is 0.850 bits per heavy atom. The normalized spacial score (nSPS) is 21.0. The fraction of sp³-hybridized carbons (Fsp3) is 0.0789. The first-order valence-electron chi connectivity index (χ1n) is 29.3. The van der Waals surface area contributed by atoms with Crippen LogP contribution in [0.4, 0.5) is 13.2 Å². The Hall–Kier alpha value is -9.09. The molecular formula is C76H17F3Si. The van der Waals surface area contributed by atoms with E-state index in [1.54, 1.807) is 162 Å². The average molecular weight is 1020 g/mol. The Bertz CT molecular complexity index is 8000. The van der Waals surface area contributed by atoms with Gasteiger partial charge >= 0.3 is 6.18 Å². The van der Waals surface area contributed by atoms with Gasteiger partial charge in [0.15, 0.2) is 0 Å². The molecule has 0 radical (unpaired) electrons. The number of halogens is 3. The lowest BCUT2D eigenvalue weighted by Gasteiger charge is -2.51. The second-order valence-electron chi connectivity index (χ2n) is 28.9. The molecule has 0 aliphatic heterocycles. The lowest BCUT2D eigenvalue weighted by molar-refractivity contribution is -0.137. The molecule has 80 heavy (non-hydrogen) atoms. The van der Waals surface area contributed by atoms with Crippen molar-refractivity contribution in [2.45, 2.75) is 36.1 Å². The van der Waals surface area contributed by atoms with Gasteiger partial charge in [-0.25, -0.2) is 0 Å². The molecule has 34 rings (SSSR count). The van der Waals surface area contributed by atoms with Crippen LogP contribution >= 0.6 is 0 Å². The van der Waals surface area contributed by atoms with E-state index >= 15 is 13.2 Å². The zero-order valence-corrected chi connectivity index (χ0v) is 42.5. The Morgan fingerprint density at radius 2 is 0.512 bits per heavy atom. The van der Waals surface area contributed by atoms with Crippen molar-refractivity contribution in [3.8, 4) is 0 Å². The van der Waals surface area contributed by atoms with Crippen LogP contribution in [0.25, 0.3) is 280 Å². The van der Waals surface area contributed by atoms with Crippen LogP contribution < -0.4 is 5.19 Å². The van der Waals surface area contributed by atoms with E-state index < -0.39 is 30.6 Å². The van der Waals surface area contributed by atoms with Gasteiger partial charge in [0.2, 0.25) is 0 Å². The molecule has 5 aliphatic rings. The molecule has 0 bridgehead atoms. The summed E-state index contributed by atoms with van der Waals surface area (Å²) in [6, 6.07) is 19.6. The number of hydrogen-bond acceptors (Lipinski definition) is 0. The molecule has 0 saturated heterocycles. The lowest BCUT2D eigenvalue weighted by Crippen LogP contribution is -2.51. The molecule has 4 heteroatoms. The quantitative estimate of drug-likeness (QED) is 0.122. The maximum atomic E-state index is 15.3. The fourth-order valence-electron chi connectivity index (χ4n) is 26.7. The highest BCUT2D eigenvalue weighted by Crippen LogP contribution is 2.85. The average Bonchev–Trinajstić information content (AvgIpc) is 1.42. The smallest absolute Gasteiger partial charge is 0.166 e. The molecule has 0 amide bonds. The van der Waals surface area contributed by atoms with Gasteiger partial charge in [-0.1, -0.05) is 60.7 Å². The molecule has 346 valence electrons. The van der Waals surface area contributed by atoms with E-state index in [9.17, 15) is 0 Å². The Morgan fingerprint density at radius 1 is 0.275 bits per heavy atom. The molecule has 0 N–H and O–H groups in total. The predicted molar refractivity (Wildman–Crippen MR) is 331 cm³/mol. The summed E-state index contributed by atoms with van der Waals surface area (Å²) in [6.07, 6.45) is -4.46. The van der Waals surface area contributed by atoms with E-state index in [1.807, 2.05) is 12.1 Å². The number of rotatable bonds is 4. The lowest BCUT2D eigenvalue weighted by atomic mass is 9.52. The third-order valence-electron chi connectivity index (χ3n) is 27.3. The van der Waals surface area contributed by atoms with Gasteiger partial charge < -0.3 is 0 Å². The van der Waals surface area contributed by atoms with Crippen LogP contribution in [-0.4, -0.2) is 8.07 Å². The van der Waals surface area contributed by atoms with Gasteiger partial charge in [0.1, 0.15) is 0 Å². The third-order valence-corrected chi connectivity index (χ3v) is 30.6. The summed E-state index contributed by atoms with van der Waals surface area (Å²) in [5.41, 5.74) is 8.23. The van der Waals surface area contributed by atoms with Crippen molar-refractivity contribution in [2.75, 3.05) is 0 Å². The van der Waals surface area contributed by atoms with Gasteiger partial charge in [-0.05, 0) is 337 Å². The minimum atomic E-state index is -4.46. The van der Waals surface area contributed by atoms with Gasteiger partial charge in [0.25, 0.3) is 0 Å². The number of alkyl halides is 3. The van der Waals surface area contributed by atoms with Crippen molar-refractivity contribution >= 4 is 293 Å². The first-order valence-corrected chi connectivity index (χ1v) is 32.5. The number of hydrogen-bond donors (Lipinski definition) is 0. The van der Waals surface area contributed by atoms with Gasteiger partial charge in [0, 0.05) is 5.41 Å². The summed E-state index contributed by atoms with van der Waals surface area (Å²) in [6.45, 7) is 5.38. The van der Waals surface area contributed by atoms with E-state index in [0.29, 0.717) is 0 Å². The molecule has 0 spiro atoms. The summed E-state index contributed by atoms with van der Waals surface area (Å²) in [4.78, 5) is 0. The zero-order chi connectivity index (χ0) is 49.3. The summed E-state index contributed by atoms with van der Waals surface area (Å²) < 4.78 is 45.8. The fourth-order valence-corrected chi connectivity index (χ4v) is 29.8. The van der Waals surface area contributed by atoms with E-state index in [1.165, 1.54) is 169 Å². The van der Waals surface area contributed by atoms with E-state index in [2.05, 4.69) is 43.4 Å². The molecule has 2 unspecified atom stereocenters. The first kappa shape index (κ1) is 32.7. The highest BCUT2D eigenvalue weighted by molar-refractivity contribution is 6.90. The predicted octanol–water partition coefficient (Wildman–Crippen LogP) is 20.7. The maximum Gasteiger partial charge on any atom is 0.416 e. The molecule has 0 nitrogen and oxygen atoms in total. The molecule has 0 heterocycles. The van der Waals surface area contributed by atoms with Crippen LogP contribution in [0.1, 0.15) is 44.5 Å². The Balaban J connectivity index is 1.08. The molecule has 0 aromatic heterocycles. The monoisotopic (exact) mass is 1010 g/mol. The van der Waals surface area contributed by atoms with Crippen molar-refractivity contribution in [1.29, 1.82) is 0 Å². The molecule has 0 saturated carbocycles. The number of benzene rings is 19. The van der Waals surface area contributed by atoms with Gasteiger partial charge in [-0.3, -0.25) is 0 Å². The van der Waals surface area contributed by atoms with Crippen molar-refractivity contribution in [3.05, 3.63) is 99.1 Å². The largest absolute Gasteiger partial charge is 0.416 e. The standard InChI is InChI=1S/C76H17F3Si/c1-80(2,15-6-4-3-5-7-15)12-74-68-60-51-44-31-24-18-19-21-17-16-20(18)29(31)35-33-22(16)26-23(17)34-36-30(21)32-25(19)28-27(24)38-46-39(28)48-45(32)52-50(36)54-41(34)43-37(26)42-40(33)53(49(35)51)64(68)66-55(42)56(43)67-65(54)69-61(52)58(48)63-59(46)62(57(60)47(38)44)70(74)72(63)75(69,73(67)71(66)74)13-8-10-14(11-9-13)76(77,78)79/h3-11H,12H2,1-2H3. The third kappa shape index (κ3) is 1.94. The summed E-state index contributed by atoms with van der Waals surface area (Å²) in [5, 5.41) is 81.5. The zero-order valence-electron chi connectivity index (χ0n) is 41.5. The highest BCUT2D eigenvalue weighted by Gasteiger charge is 2.68. The van der Waals surface area contributed by atoms with E-state index in [0.717, 1.165) is 11.6 Å². The second-order valence-corrected chi connectivity index (χ2v) is 33.6.